The first-order valence-corrected chi connectivity index (χ1v) is 7.53. The minimum absolute atomic E-state index is 0.169. The van der Waals surface area contributed by atoms with Crippen molar-refractivity contribution in [2.45, 2.75) is 37.8 Å². The third-order valence-corrected chi connectivity index (χ3v) is 3.89. The first-order chi connectivity index (χ1) is 10.4. The zero-order valence-electron chi connectivity index (χ0n) is 12.3. The molecule has 0 spiro atoms. The average Bonchev–Trinajstić information content (AvgIpc) is 2.84. The van der Waals surface area contributed by atoms with Gasteiger partial charge < -0.3 is 14.6 Å². The fraction of sp³-hybridized carbons (Fsp3) is 0.500. The number of rotatable bonds is 4. The SMILES string of the molecule is COC(c1ccccc1)c1noc(C2CCCCCN2)n1. The summed E-state index contributed by atoms with van der Waals surface area (Å²) >= 11 is 0. The van der Waals surface area contributed by atoms with E-state index < -0.39 is 0 Å². The van der Waals surface area contributed by atoms with Crippen molar-refractivity contribution in [1.29, 1.82) is 0 Å². The molecule has 1 aliphatic rings. The predicted molar refractivity (Wildman–Crippen MR) is 78.8 cm³/mol. The highest BCUT2D eigenvalue weighted by Gasteiger charge is 2.24. The van der Waals surface area contributed by atoms with Crippen LogP contribution in [0.15, 0.2) is 34.9 Å². The molecule has 0 saturated carbocycles. The van der Waals surface area contributed by atoms with Crippen LogP contribution in [0, 0.1) is 0 Å². The Bertz CT molecular complexity index is 548. The summed E-state index contributed by atoms with van der Waals surface area (Å²) in [4.78, 5) is 4.56. The van der Waals surface area contributed by atoms with Crippen LogP contribution >= 0.6 is 0 Å². The monoisotopic (exact) mass is 287 g/mol. The van der Waals surface area contributed by atoms with Crippen LogP contribution in [0.2, 0.25) is 0 Å². The van der Waals surface area contributed by atoms with E-state index in [9.17, 15) is 0 Å². The number of aromatic nitrogens is 2. The Hall–Kier alpha value is -1.72. The van der Waals surface area contributed by atoms with Crippen LogP contribution in [0.5, 0.6) is 0 Å². The number of hydrogen-bond acceptors (Lipinski definition) is 5. The Morgan fingerprint density at radius 1 is 1.24 bits per heavy atom. The third kappa shape index (κ3) is 3.31. The van der Waals surface area contributed by atoms with Crippen molar-refractivity contribution < 1.29 is 9.26 Å². The van der Waals surface area contributed by atoms with Crippen molar-refractivity contribution in [2.75, 3.05) is 13.7 Å². The molecule has 1 saturated heterocycles. The van der Waals surface area contributed by atoms with Crippen LogP contribution in [0.3, 0.4) is 0 Å². The lowest BCUT2D eigenvalue weighted by Crippen LogP contribution is -2.20. The van der Waals surface area contributed by atoms with Crippen molar-refractivity contribution in [1.82, 2.24) is 15.5 Å². The molecule has 0 bridgehead atoms. The molecule has 3 rings (SSSR count). The summed E-state index contributed by atoms with van der Waals surface area (Å²) in [6, 6.07) is 10.1. The highest BCUT2D eigenvalue weighted by molar-refractivity contribution is 5.22. The first-order valence-electron chi connectivity index (χ1n) is 7.53. The zero-order chi connectivity index (χ0) is 14.5. The van der Waals surface area contributed by atoms with Crippen LogP contribution in [-0.4, -0.2) is 23.8 Å². The van der Waals surface area contributed by atoms with E-state index in [1.807, 2.05) is 30.3 Å². The van der Waals surface area contributed by atoms with Gasteiger partial charge in [0, 0.05) is 7.11 Å². The maximum Gasteiger partial charge on any atom is 0.243 e. The van der Waals surface area contributed by atoms with E-state index in [2.05, 4.69) is 15.5 Å². The summed E-state index contributed by atoms with van der Waals surface area (Å²) in [6.45, 7) is 1.01. The lowest BCUT2D eigenvalue weighted by molar-refractivity contribution is 0.126. The minimum Gasteiger partial charge on any atom is -0.369 e. The Morgan fingerprint density at radius 3 is 2.90 bits per heavy atom. The van der Waals surface area contributed by atoms with Crippen molar-refractivity contribution in [3.8, 4) is 0 Å². The molecule has 112 valence electrons. The minimum atomic E-state index is -0.283. The molecule has 2 aromatic rings. The van der Waals surface area contributed by atoms with Gasteiger partial charge in [-0.2, -0.15) is 4.98 Å². The van der Waals surface area contributed by atoms with E-state index in [-0.39, 0.29) is 12.1 Å². The summed E-state index contributed by atoms with van der Waals surface area (Å²) in [5, 5.41) is 7.59. The van der Waals surface area contributed by atoms with Gasteiger partial charge in [-0.3, -0.25) is 0 Å². The van der Waals surface area contributed by atoms with Gasteiger partial charge in [-0.05, 0) is 24.9 Å². The van der Waals surface area contributed by atoms with E-state index in [1.165, 1.54) is 19.3 Å². The third-order valence-electron chi connectivity index (χ3n) is 3.89. The number of nitrogens with one attached hydrogen (secondary N) is 1. The second-order valence-electron chi connectivity index (χ2n) is 5.37. The zero-order valence-corrected chi connectivity index (χ0v) is 12.3. The van der Waals surface area contributed by atoms with Gasteiger partial charge >= 0.3 is 0 Å². The molecule has 1 aromatic heterocycles. The molecular weight excluding hydrogens is 266 g/mol. The van der Waals surface area contributed by atoms with Gasteiger partial charge in [0.15, 0.2) is 0 Å². The number of benzene rings is 1. The molecule has 2 atom stereocenters. The maximum absolute atomic E-state index is 5.54. The van der Waals surface area contributed by atoms with Crippen LogP contribution in [0.1, 0.15) is 55.1 Å². The Kier molecular flexibility index (Phi) is 4.62. The summed E-state index contributed by atoms with van der Waals surface area (Å²) in [7, 11) is 1.66. The van der Waals surface area contributed by atoms with E-state index >= 15 is 0 Å². The first kappa shape index (κ1) is 14.2. The van der Waals surface area contributed by atoms with Gasteiger partial charge in [0.25, 0.3) is 0 Å². The number of nitrogens with zero attached hydrogens (tertiary/aromatic N) is 2. The highest BCUT2D eigenvalue weighted by Crippen LogP contribution is 2.26. The summed E-state index contributed by atoms with van der Waals surface area (Å²) in [6.07, 6.45) is 4.43. The second-order valence-corrected chi connectivity index (χ2v) is 5.37. The number of hydrogen-bond donors (Lipinski definition) is 1. The van der Waals surface area contributed by atoms with Crippen LogP contribution < -0.4 is 5.32 Å². The Labute approximate surface area is 124 Å². The maximum atomic E-state index is 5.54. The predicted octanol–water partition coefficient (Wildman–Crippen LogP) is 3.01. The summed E-state index contributed by atoms with van der Waals surface area (Å²) < 4.78 is 11.0. The standard InChI is InChI=1S/C16H21N3O2/c1-20-14(12-8-4-2-5-9-12)15-18-16(21-19-15)13-10-6-3-7-11-17-13/h2,4-5,8-9,13-14,17H,3,6-7,10-11H2,1H3. The lowest BCUT2D eigenvalue weighted by atomic mass is 10.1. The average molecular weight is 287 g/mol. The quantitative estimate of drug-likeness (QED) is 0.936. The van der Waals surface area contributed by atoms with Gasteiger partial charge in [-0.1, -0.05) is 48.3 Å². The van der Waals surface area contributed by atoms with E-state index in [0.717, 1.165) is 18.5 Å². The molecule has 21 heavy (non-hydrogen) atoms. The van der Waals surface area contributed by atoms with Gasteiger partial charge in [-0.15, -0.1) is 0 Å². The molecule has 5 nitrogen and oxygen atoms in total. The highest BCUT2D eigenvalue weighted by atomic mass is 16.5. The van der Waals surface area contributed by atoms with E-state index in [4.69, 9.17) is 9.26 Å². The molecule has 2 unspecified atom stereocenters. The molecule has 5 heteroatoms. The van der Waals surface area contributed by atoms with Crippen molar-refractivity contribution in [3.63, 3.8) is 0 Å². The molecule has 1 aliphatic heterocycles. The van der Waals surface area contributed by atoms with Gasteiger partial charge in [-0.25, -0.2) is 0 Å². The van der Waals surface area contributed by atoms with Crippen molar-refractivity contribution in [3.05, 3.63) is 47.6 Å². The lowest BCUT2D eigenvalue weighted by Gasteiger charge is -2.12. The van der Waals surface area contributed by atoms with Gasteiger partial charge in [0.2, 0.25) is 11.7 Å². The fourth-order valence-corrected chi connectivity index (χ4v) is 2.75. The van der Waals surface area contributed by atoms with Crippen molar-refractivity contribution in [2.24, 2.45) is 0 Å². The Balaban J connectivity index is 1.79. The molecule has 1 aromatic carbocycles. The number of ether oxygens (including phenoxy) is 1. The topological polar surface area (TPSA) is 60.2 Å². The Morgan fingerprint density at radius 2 is 2.10 bits per heavy atom. The second kappa shape index (κ2) is 6.83. The van der Waals surface area contributed by atoms with Crippen LogP contribution in [-0.2, 0) is 4.74 Å². The van der Waals surface area contributed by atoms with E-state index in [0.29, 0.717) is 11.7 Å². The van der Waals surface area contributed by atoms with Crippen LogP contribution in [0.25, 0.3) is 0 Å². The van der Waals surface area contributed by atoms with Crippen LogP contribution in [0.4, 0.5) is 0 Å². The molecule has 1 N–H and O–H groups in total. The van der Waals surface area contributed by atoms with E-state index in [1.54, 1.807) is 7.11 Å². The molecular formula is C16H21N3O2. The van der Waals surface area contributed by atoms with Crippen molar-refractivity contribution >= 4 is 0 Å². The normalized spacial score (nSPS) is 20.9. The summed E-state index contributed by atoms with van der Waals surface area (Å²) in [5.41, 5.74) is 1.03. The molecule has 0 radical (unpaired) electrons. The number of methoxy groups -OCH3 is 1. The smallest absolute Gasteiger partial charge is 0.243 e. The molecule has 2 heterocycles. The molecule has 0 amide bonds. The summed E-state index contributed by atoms with van der Waals surface area (Å²) in [5.74, 6) is 1.26. The largest absolute Gasteiger partial charge is 0.369 e. The fourth-order valence-electron chi connectivity index (χ4n) is 2.75. The molecule has 1 fully saturated rings. The molecule has 0 aliphatic carbocycles. The van der Waals surface area contributed by atoms with Gasteiger partial charge in [0.1, 0.15) is 6.10 Å². The van der Waals surface area contributed by atoms with Gasteiger partial charge in [0.05, 0.1) is 6.04 Å².